The molecular weight excluding hydrogens is 262 g/mol. The first-order valence-electron chi connectivity index (χ1n) is 6.83. The zero-order valence-corrected chi connectivity index (χ0v) is 12.1. The van der Waals surface area contributed by atoms with Gasteiger partial charge in [0.25, 0.3) is 0 Å². The Morgan fingerprint density at radius 2 is 2.42 bits per heavy atom. The van der Waals surface area contributed by atoms with Crippen LogP contribution in [0.4, 0.5) is 0 Å². The van der Waals surface area contributed by atoms with Gasteiger partial charge in [0.15, 0.2) is 0 Å². The van der Waals surface area contributed by atoms with Gasteiger partial charge in [-0.05, 0) is 30.2 Å². The van der Waals surface area contributed by atoms with E-state index >= 15 is 0 Å². The van der Waals surface area contributed by atoms with E-state index in [2.05, 4.69) is 0 Å². The summed E-state index contributed by atoms with van der Waals surface area (Å²) in [5.74, 6) is 1.36. The van der Waals surface area contributed by atoms with Gasteiger partial charge >= 0.3 is 0 Å². The van der Waals surface area contributed by atoms with E-state index in [0.29, 0.717) is 5.92 Å². The summed E-state index contributed by atoms with van der Waals surface area (Å²) in [6.45, 7) is 2.32. The van der Waals surface area contributed by atoms with Gasteiger partial charge in [-0.1, -0.05) is 0 Å². The monoisotopic (exact) mass is 283 g/mol. The van der Waals surface area contributed by atoms with E-state index < -0.39 is 0 Å². The van der Waals surface area contributed by atoms with Gasteiger partial charge in [0.05, 0.1) is 24.2 Å². The Hall–Kier alpha value is -0.620. The smallest absolute Gasteiger partial charge is 0.134 e. The Morgan fingerprint density at radius 1 is 1.53 bits per heavy atom. The number of hydrogen-bond donors (Lipinski definition) is 1. The summed E-state index contributed by atoms with van der Waals surface area (Å²) in [6, 6.07) is 2.03. The lowest BCUT2D eigenvalue weighted by Gasteiger charge is -2.39. The van der Waals surface area contributed by atoms with E-state index in [-0.39, 0.29) is 11.6 Å². The molecule has 5 heteroatoms. The van der Waals surface area contributed by atoms with Crippen molar-refractivity contribution < 1.29 is 14.2 Å². The Morgan fingerprint density at radius 3 is 3.16 bits per heavy atom. The van der Waals surface area contributed by atoms with Crippen LogP contribution in [0.15, 0.2) is 11.4 Å². The summed E-state index contributed by atoms with van der Waals surface area (Å²) in [5, 5.41) is 2.04. The van der Waals surface area contributed by atoms with Crippen molar-refractivity contribution in [3.8, 4) is 5.75 Å². The van der Waals surface area contributed by atoms with Crippen molar-refractivity contribution in [2.45, 2.75) is 30.9 Å². The minimum Gasteiger partial charge on any atom is -0.496 e. The fourth-order valence-electron chi connectivity index (χ4n) is 3.17. The molecule has 3 unspecified atom stereocenters. The number of ether oxygens (including phenoxy) is 3. The molecule has 0 radical (unpaired) electrons. The second-order valence-electron chi connectivity index (χ2n) is 5.47. The van der Waals surface area contributed by atoms with Gasteiger partial charge < -0.3 is 19.9 Å². The molecule has 4 nitrogen and oxygen atoms in total. The molecule has 19 heavy (non-hydrogen) atoms. The predicted octanol–water partition coefficient (Wildman–Crippen LogP) is 2.34. The second kappa shape index (κ2) is 5.40. The van der Waals surface area contributed by atoms with Crippen molar-refractivity contribution >= 4 is 11.3 Å². The van der Waals surface area contributed by atoms with Crippen molar-refractivity contribution in [1.82, 2.24) is 0 Å². The fraction of sp³-hybridized carbons (Fsp3) is 0.714. The normalized spacial score (nSPS) is 32.6. The van der Waals surface area contributed by atoms with Gasteiger partial charge in [-0.15, -0.1) is 11.3 Å². The van der Waals surface area contributed by atoms with Crippen LogP contribution in [0.25, 0.3) is 0 Å². The molecular formula is C14H21NO3S. The third-order valence-corrected chi connectivity index (χ3v) is 5.29. The zero-order chi connectivity index (χ0) is 13.3. The Kier molecular flexibility index (Phi) is 3.80. The molecule has 0 saturated carbocycles. The van der Waals surface area contributed by atoms with E-state index in [0.717, 1.165) is 49.7 Å². The maximum Gasteiger partial charge on any atom is 0.134 e. The molecule has 0 aliphatic carbocycles. The Balaban J connectivity index is 1.74. The molecule has 1 spiro atoms. The topological polar surface area (TPSA) is 53.7 Å². The molecule has 2 aliphatic heterocycles. The van der Waals surface area contributed by atoms with Gasteiger partial charge in [-0.3, -0.25) is 0 Å². The molecule has 0 aromatic carbocycles. The van der Waals surface area contributed by atoms with Crippen molar-refractivity contribution in [3.63, 3.8) is 0 Å². The zero-order valence-electron chi connectivity index (χ0n) is 11.3. The molecule has 2 saturated heterocycles. The van der Waals surface area contributed by atoms with Crippen LogP contribution in [0.2, 0.25) is 0 Å². The van der Waals surface area contributed by atoms with Gasteiger partial charge in [0, 0.05) is 25.7 Å². The van der Waals surface area contributed by atoms with Crippen LogP contribution < -0.4 is 10.5 Å². The molecule has 0 amide bonds. The van der Waals surface area contributed by atoms with E-state index in [1.54, 1.807) is 18.4 Å². The number of methoxy groups -OCH3 is 1. The predicted molar refractivity (Wildman–Crippen MR) is 74.6 cm³/mol. The third kappa shape index (κ3) is 2.52. The molecule has 1 aromatic heterocycles. The van der Waals surface area contributed by atoms with Gasteiger partial charge in [-0.2, -0.15) is 0 Å². The van der Waals surface area contributed by atoms with Crippen LogP contribution in [0.1, 0.15) is 30.2 Å². The van der Waals surface area contributed by atoms with Crippen LogP contribution in [-0.2, 0) is 9.47 Å². The van der Waals surface area contributed by atoms with Gasteiger partial charge in [0.1, 0.15) is 5.75 Å². The average molecular weight is 283 g/mol. The van der Waals surface area contributed by atoms with Crippen molar-refractivity contribution in [2.75, 3.05) is 26.9 Å². The fourth-order valence-corrected chi connectivity index (χ4v) is 4.13. The van der Waals surface area contributed by atoms with E-state index in [1.165, 1.54) is 0 Å². The van der Waals surface area contributed by atoms with Crippen LogP contribution in [0.5, 0.6) is 5.75 Å². The highest BCUT2D eigenvalue weighted by atomic mass is 32.1. The first-order chi connectivity index (χ1) is 9.24. The van der Waals surface area contributed by atoms with Gasteiger partial charge in [-0.25, -0.2) is 0 Å². The summed E-state index contributed by atoms with van der Waals surface area (Å²) in [5.41, 5.74) is 6.40. The highest BCUT2D eigenvalue weighted by Crippen LogP contribution is 2.43. The summed E-state index contributed by atoms with van der Waals surface area (Å²) in [7, 11) is 1.70. The van der Waals surface area contributed by atoms with Gasteiger partial charge in [0.2, 0.25) is 0 Å². The summed E-state index contributed by atoms with van der Waals surface area (Å²) in [4.78, 5) is 1.16. The van der Waals surface area contributed by atoms with E-state index in [4.69, 9.17) is 19.9 Å². The number of hydrogen-bond acceptors (Lipinski definition) is 5. The Bertz CT molecular complexity index is 428. The van der Waals surface area contributed by atoms with E-state index in [1.807, 2.05) is 11.4 Å². The molecule has 2 aliphatic rings. The molecule has 2 N–H and O–H groups in total. The highest BCUT2D eigenvalue weighted by Gasteiger charge is 2.43. The van der Waals surface area contributed by atoms with Crippen molar-refractivity contribution in [1.29, 1.82) is 0 Å². The largest absolute Gasteiger partial charge is 0.496 e. The lowest BCUT2D eigenvalue weighted by atomic mass is 9.81. The highest BCUT2D eigenvalue weighted by molar-refractivity contribution is 7.10. The van der Waals surface area contributed by atoms with Crippen LogP contribution in [0, 0.1) is 5.92 Å². The first kappa shape index (κ1) is 13.4. The number of nitrogens with two attached hydrogens (primary N) is 1. The molecule has 3 heterocycles. The average Bonchev–Trinajstić information content (AvgIpc) is 3.07. The molecule has 2 fully saturated rings. The SMILES string of the molecule is COc1ccsc1C(N)C1CCOC2(CCOC2)C1. The van der Waals surface area contributed by atoms with E-state index in [9.17, 15) is 0 Å². The molecule has 0 bridgehead atoms. The quantitative estimate of drug-likeness (QED) is 0.925. The van der Waals surface area contributed by atoms with Crippen molar-refractivity contribution in [3.05, 3.63) is 16.3 Å². The standard InChI is InChI=1S/C14H21NO3S/c1-16-11-3-7-19-13(11)12(15)10-2-5-18-14(8-10)4-6-17-9-14/h3,7,10,12H,2,4-6,8-9,15H2,1H3. The van der Waals surface area contributed by atoms with Crippen LogP contribution >= 0.6 is 11.3 Å². The lowest BCUT2D eigenvalue weighted by molar-refractivity contribution is -0.101. The molecule has 1 aromatic rings. The Labute approximate surface area is 117 Å². The number of thiophene rings is 1. The summed E-state index contributed by atoms with van der Waals surface area (Å²) < 4.78 is 16.9. The lowest BCUT2D eigenvalue weighted by Crippen LogP contribution is -2.43. The summed E-state index contributed by atoms with van der Waals surface area (Å²) in [6.07, 6.45) is 3.01. The van der Waals surface area contributed by atoms with Crippen molar-refractivity contribution in [2.24, 2.45) is 11.7 Å². The van der Waals surface area contributed by atoms with Crippen LogP contribution in [-0.4, -0.2) is 32.5 Å². The maximum atomic E-state index is 6.48. The third-order valence-electron chi connectivity index (χ3n) is 4.29. The maximum absolute atomic E-state index is 6.48. The minimum atomic E-state index is -0.0783. The first-order valence-corrected chi connectivity index (χ1v) is 7.71. The molecule has 106 valence electrons. The molecule has 3 atom stereocenters. The van der Waals surface area contributed by atoms with Crippen LogP contribution in [0.3, 0.4) is 0 Å². The molecule has 3 rings (SSSR count). The minimum absolute atomic E-state index is 0.0383. The number of rotatable bonds is 3. The summed E-state index contributed by atoms with van der Waals surface area (Å²) >= 11 is 1.68. The second-order valence-corrected chi connectivity index (χ2v) is 6.41.